The Bertz CT molecular complexity index is 1240. The Labute approximate surface area is 192 Å². The number of carbonyl (C=O) groups is 2. The van der Waals surface area contributed by atoms with Crippen molar-refractivity contribution < 1.29 is 14.5 Å². The van der Waals surface area contributed by atoms with Gasteiger partial charge in [-0.3, -0.25) is 19.7 Å². The van der Waals surface area contributed by atoms with E-state index in [9.17, 15) is 19.7 Å². The highest BCUT2D eigenvalue weighted by Gasteiger charge is 2.29. The minimum absolute atomic E-state index is 0.0815. The first-order chi connectivity index (χ1) is 15.8. The SMILES string of the molecule is Cn1nnnc1Sc1c(C(=O)Nc2ccccc2C(N)=O)cc([N+](=O)[O-])cc1C1CCCC1. The lowest BCUT2D eigenvalue weighted by molar-refractivity contribution is -0.385. The van der Waals surface area contributed by atoms with E-state index in [2.05, 4.69) is 20.8 Å². The van der Waals surface area contributed by atoms with Crippen LogP contribution < -0.4 is 11.1 Å². The third-order valence-electron chi connectivity index (χ3n) is 5.57. The van der Waals surface area contributed by atoms with Crippen LogP contribution in [0.4, 0.5) is 11.4 Å². The Morgan fingerprint density at radius 1 is 1.21 bits per heavy atom. The Hall–Kier alpha value is -3.80. The van der Waals surface area contributed by atoms with Crippen LogP contribution in [0.2, 0.25) is 0 Å². The average Bonchev–Trinajstić information content (AvgIpc) is 3.46. The van der Waals surface area contributed by atoms with Crippen molar-refractivity contribution in [2.75, 3.05) is 5.32 Å². The predicted molar refractivity (Wildman–Crippen MR) is 120 cm³/mol. The number of hydrogen-bond donors (Lipinski definition) is 2. The zero-order chi connectivity index (χ0) is 23.5. The number of para-hydroxylation sites is 1. The second-order valence-corrected chi connectivity index (χ2v) is 8.68. The lowest BCUT2D eigenvalue weighted by atomic mass is 9.94. The molecule has 1 saturated carbocycles. The lowest BCUT2D eigenvalue weighted by Gasteiger charge is -2.18. The Kier molecular flexibility index (Phi) is 6.36. The summed E-state index contributed by atoms with van der Waals surface area (Å²) in [7, 11) is 1.67. The molecule has 3 N–H and O–H groups in total. The summed E-state index contributed by atoms with van der Waals surface area (Å²) in [6.07, 6.45) is 3.77. The second-order valence-electron chi connectivity index (χ2n) is 7.70. The van der Waals surface area contributed by atoms with Gasteiger partial charge in [-0.05, 0) is 58.6 Å². The fourth-order valence-electron chi connectivity index (χ4n) is 3.96. The molecule has 1 aliphatic rings. The first-order valence-electron chi connectivity index (χ1n) is 10.3. The summed E-state index contributed by atoms with van der Waals surface area (Å²) in [5, 5.41) is 26.3. The van der Waals surface area contributed by atoms with Crippen LogP contribution in [0.25, 0.3) is 0 Å². The Morgan fingerprint density at radius 3 is 2.58 bits per heavy atom. The van der Waals surface area contributed by atoms with Crippen molar-refractivity contribution in [2.45, 2.75) is 41.7 Å². The standard InChI is InChI=1S/C21H21N7O4S/c1-27-21(24-25-26-27)33-18-15(12-6-2-3-7-12)10-13(28(31)32)11-16(18)20(30)23-17-9-5-4-8-14(17)19(22)29/h4-5,8-12H,2-3,6-7H2,1H3,(H2,22,29)(H,23,30). The second kappa shape index (κ2) is 9.36. The molecule has 0 spiro atoms. The van der Waals surface area contributed by atoms with Crippen LogP contribution in [0, 0.1) is 10.1 Å². The molecule has 1 aromatic heterocycles. The summed E-state index contributed by atoms with van der Waals surface area (Å²) in [5.41, 5.74) is 6.45. The highest BCUT2D eigenvalue weighted by molar-refractivity contribution is 7.99. The van der Waals surface area contributed by atoms with E-state index in [1.54, 1.807) is 25.2 Å². The molecule has 170 valence electrons. The average molecular weight is 468 g/mol. The van der Waals surface area contributed by atoms with Crippen LogP contribution in [0.15, 0.2) is 46.5 Å². The highest BCUT2D eigenvalue weighted by Crippen LogP contribution is 2.44. The summed E-state index contributed by atoms with van der Waals surface area (Å²) in [6, 6.07) is 9.11. The monoisotopic (exact) mass is 467 g/mol. The number of anilines is 1. The molecule has 4 rings (SSSR count). The minimum atomic E-state index is -0.698. The zero-order valence-electron chi connectivity index (χ0n) is 17.7. The first kappa shape index (κ1) is 22.4. The number of amides is 2. The van der Waals surface area contributed by atoms with Crippen molar-refractivity contribution in [3.8, 4) is 0 Å². The van der Waals surface area contributed by atoms with E-state index in [1.165, 1.54) is 34.6 Å². The van der Waals surface area contributed by atoms with E-state index < -0.39 is 16.7 Å². The summed E-state index contributed by atoms with van der Waals surface area (Å²) in [4.78, 5) is 36.9. The van der Waals surface area contributed by atoms with Gasteiger partial charge in [0.05, 0.1) is 21.7 Å². The van der Waals surface area contributed by atoms with Gasteiger partial charge < -0.3 is 11.1 Å². The van der Waals surface area contributed by atoms with Crippen molar-refractivity contribution >= 4 is 35.0 Å². The number of hydrogen-bond acceptors (Lipinski definition) is 8. The van der Waals surface area contributed by atoms with Gasteiger partial charge in [0.1, 0.15) is 0 Å². The number of nitrogens with one attached hydrogen (secondary N) is 1. The van der Waals surface area contributed by atoms with Gasteiger partial charge in [0.25, 0.3) is 17.5 Å². The molecule has 0 aliphatic heterocycles. The molecule has 12 heteroatoms. The predicted octanol–water partition coefficient (Wildman–Crippen LogP) is 3.28. The summed E-state index contributed by atoms with van der Waals surface area (Å²) < 4.78 is 1.47. The highest BCUT2D eigenvalue weighted by atomic mass is 32.2. The van der Waals surface area contributed by atoms with Gasteiger partial charge in [0, 0.05) is 24.1 Å². The van der Waals surface area contributed by atoms with Crippen molar-refractivity contribution in [2.24, 2.45) is 12.8 Å². The van der Waals surface area contributed by atoms with Crippen LogP contribution in [0.3, 0.4) is 0 Å². The molecule has 2 aromatic carbocycles. The quantitative estimate of drug-likeness (QED) is 0.395. The third-order valence-corrected chi connectivity index (χ3v) is 6.76. The van der Waals surface area contributed by atoms with Gasteiger partial charge >= 0.3 is 0 Å². The number of rotatable bonds is 7. The molecule has 2 amide bonds. The maximum absolute atomic E-state index is 13.4. The number of nitrogens with two attached hydrogens (primary N) is 1. The molecule has 0 bridgehead atoms. The molecule has 1 aliphatic carbocycles. The fourth-order valence-corrected chi connectivity index (χ4v) is 4.99. The summed E-state index contributed by atoms with van der Waals surface area (Å²) in [6.45, 7) is 0. The van der Waals surface area contributed by atoms with Crippen LogP contribution in [-0.2, 0) is 7.05 Å². The van der Waals surface area contributed by atoms with Gasteiger partial charge in [-0.2, -0.15) is 0 Å². The number of aryl methyl sites for hydroxylation is 1. The van der Waals surface area contributed by atoms with E-state index in [4.69, 9.17) is 5.73 Å². The molecule has 0 radical (unpaired) electrons. The molecule has 11 nitrogen and oxygen atoms in total. The van der Waals surface area contributed by atoms with E-state index in [0.29, 0.717) is 10.1 Å². The third kappa shape index (κ3) is 4.70. The molecular formula is C21H21N7O4S. The van der Waals surface area contributed by atoms with Crippen molar-refractivity contribution in [1.82, 2.24) is 20.2 Å². The number of tetrazole rings is 1. The van der Waals surface area contributed by atoms with E-state index >= 15 is 0 Å². The number of nitro groups is 1. The van der Waals surface area contributed by atoms with Crippen LogP contribution in [0.1, 0.15) is 57.9 Å². The van der Waals surface area contributed by atoms with E-state index in [0.717, 1.165) is 31.2 Å². The molecular weight excluding hydrogens is 446 g/mol. The summed E-state index contributed by atoms with van der Waals surface area (Å²) in [5.74, 6) is -1.21. The van der Waals surface area contributed by atoms with Gasteiger partial charge in [-0.15, -0.1) is 5.10 Å². The van der Waals surface area contributed by atoms with Crippen LogP contribution in [0.5, 0.6) is 0 Å². The normalized spacial score (nSPS) is 13.7. The molecule has 0 atom stereocenters. The minimum Gasteiger partial charge on any atom is -0.366 e. The Morgan fingerprint density at radius 2 is 1.94 bits per heavy atom. The van der Waals surface area contributed by atoms with E-state index in [1.807, 2.05) is 0 Å². The number of non-ortho nitro benzene ring substituents is 1. The molecule has 0 unspecified atom stereocenters. The van der Waals surface area contributed by atoms with Gasteiger partial charge in [-0.25, -0.2) is 4.68 Å². The number of primary amides is 1. The number of nitro benzene ring substituents is 1. The topological polar surface area (TPSA) is 159 Å². The maximum Gasteiger partial charge on any atom is 0.270 e. The smallest absolute Gasteiger partial charge is 0.270 e. The molecule has 1 fully saturated rings. The fraction of sp³-hybridized carbons (Fsp3) is 0.286. The van der Waals surface area contributed by atoms with Crippen molar-refractivity contribution in [3.63, 3.8) is 0 Å². The number of carbonyl (C=O) groups excluding carboxylic acids is 2. The molecule has 1 heterocycles. The van der Waals surface area contributed by atoms with Gasteiger partial charge in [0.15, 0.2) is 0 Å². The Balaban J connectivity index is 1.84. The molecule has 3 aromatic rings. The number of aromatic nitrogens is 4. The van der Waals surface area contributed by atoms with Crippen molar-refractivity contribution in [3.05, 3.63) is 63.2 Å². The zero-order valence-corrected chi connectivity index (χ0v) is 18.5. The largest absolute Gasteiger partial charge is 0.366 e. The number of nitrogens with zero attached hydrogens (tertiary/aromatic N) is 5. The maximum atomic E-state index is 13.4. The van der Waals surface area contributed by atoms with Crippen molar-refractivity contribution in [1.29, 1.82) is 0 Å². The molecule has 0 saturated heterocycles. The first-order valence-corrected chi connectivity index (χ1v) is 11.1. The van der Waals surface area contributed by atoms with Gasteiger partial charge in [-0.1, -0.05) is 25.0 Å². The lowest BCUT2D eigenvalue weighted by Crippen LogP contribution is -2.19. The van der Waals surface area contributed by atoms with E-state index in [-0.39, 0.29) is 28.4 Å². The number of benzene rings is 2. The molecule has 33 heavy (non-hydrogen) atoms. The summed E-state index contributed by atoms with van der Waals surface area (Å²) >= 11 is 1.18. The van der Waals surface area contributed by atoms with Gasteiger partial charge in [0.2, 0.25) is 5.16 Å². The van der Waals surface area contributed by atoms with Crippen LogP contribution >= 0.6 is 11.8 Å². The van der Waals surface area contributed by atoms with Crippen LogP contribution in [-0.4, -0.2) is 36.9 Å².